The van der Waals surface area contributed by atoms with Crippen molar-refractivity contribution in [2.24, 2.45) is 5.92 Å². The van der Waals surface area contributed by atoms with Crippen LogP contribution in [0.15, 0.2) is 0 Å². The van der Waals surface area contributed by atoms with Crippen LogP contribution in [0.4, 0.5) is 0 Å². The molecule has 14 heavy (non-hydrogen) atoms. The zero-order chi connectivity index (χ0) is 11.0. The Bertz CT molecular complexity index is 129. The maximum absolute atomic E-state index is 3.56. The fraction of sp³-hybridized carbons (Fsp3) is 1.00. The van der Waals surface area contributed by atoms with E-state index in [1.54, 1.807) is 0 Å². The fourth-order valence-corrected chi connectivity index (χ4v) is 1.81. The molecule has 0 bridgehead atoms. The highest BCUT2D eigenvalue weighted by Crippen LogP contribution is 2.10. The van der Waals surface area contributed by atoms with Gasteiger partial charge in [-0.25, -0.2) is 0 Å². The SMILES string of the molecule is CSCCCCC(C)CNC(C)(C)C. The highest BCUT2D eigenvalue weighted by atomic mass is 32.2. The molecule has 0 saturated heterocycles. The average Bonchev–Trinajstić information content (AvgIpc) is 2.08. The van der Waals surface area contributed by atoms with E-state index < -0.39 is 0 Å². The van der Waals surface area contributed by atoms with Crippen LogP contribution in [0, 0.1) is 5.92 Å². The molecule has 1 N–H and O–H groups in total. The zero-order valence-electron chi connectivity index (χ0n) is 10.5. The van der Waals surface area contributed by atoms with E-state index in [1.807, 2.05) is 11.8 Å². The van der Waals surface area contributed by atoms with Gasteiger partial charge in [0.25, 0.3) is 0 Å². The quantitative estimate of drug-likeness (QED) is 0.655. The first-order chi connectivity index (χ1) is 6.45. The van der Waals surface area contributed by atoms with Crippen LogP contribution in [-0.4, -0.2) is 24.1 Å². The van der Waals surface area contributed by atoms with Crippen molar-refractivity contribution in [2.45, 2.75) is 52.5 Å². The molecule has 0 fully saturated rings. The first-order valence-corrected chi connectivity index (χ1v) is 7.09. The first kappa shape index (κ1) is 14.3. The number of rotatable bonds is 7. The normalized spacial score (nSPS) is 14.4. The van der Waals surface area contributed by atoms with Crippen LogP contribution in [0.3, 0.4) is 0 Å². The van der Waals surface area contributed by atoms with Crippen LogP contribution in [-0.2, 0) is 0 Å². The lowest BCUT2D eigenvalue weighted by Gasteiger charge is -2.23. The van der Waals surface area contributed by atoms with Crippen molar-refractivity contribution < 1.29 is 0 Å². The lowest BCUT2D eigenvalue weighted by atomic mass is 10.0. The molecule has 0 aromatic heterocycles. The van der Waals surface area contributed by atoms with Crippen LogP contribution in [0.5, 0.6) is 0 Å². The third kappa shape index (κ3) is 10.4. The lowest BCUT2D eigenvalue weighted by Crippen LogP contribution is -2.38. The highest BCUT2D eigenvalue weighted by molar-refractivity contribution is 7.98. The van der Waals surface area contributed by atoms with Crippen molar-refractivity contribution in [3.8, 4) is 0 Å². The van der Waals surface area contributed by atoms with Crippen LogP contribution in [0.25, 0.3) is 0 Å². The molecule has 0 spiro atoms. The molecule has 0 heterocycles. The van der Waals surface area contributed by atoms with E-state index in [9.17, 15) is 0 Å². The van der Waals surface area contributed by atoms with E-state index in [0.717, 1.165) is 12.5 Å². The van der Waals surface area contributed by atoms with Gasteiger partial charge in [0.15, 0.2) is 0 Å². The summed E-state index contributed by atoms with van der Waals surface area (Å²) in [7, 11) is 0. The smallest absolute Gasteiger partial charge is 0.00966 e. The minimum atomic E-state index is 0.271. The Balaban J connectivity index is 3.32. The first-order valence-electron chi connectivity index (χ1n) is 5.69. The van der Waals surface area contributed by atoms with Gasteiger partial charge in [-0.05, 0) is 58.1 Å². The summed E-state index contributed by atoms with van der Waals surface area (Å²) in [6, 6.07) is 0. The zero-order valence-corrected chi connectivity index (χ0v) is 11.3. The largest absolute Gasteiger partial charge is 0.312 e. The third-order valence-electron chi connectivity index (χ3n) is 2.28. The van der Waals surface area contributed by atoms with E-state index in [2.05, 4.69) is 39.3 Å². The number of nitrogens with one attached hydrogen (secondary N) is 1. The summed E-state index contributed by atoms with van der Waals surface area (Å²) in [5.74, 6) is 2.13. The van der Waals surface area contributed by atoms with Gasteiger partial charge < -0.3 is 5.32 Å². The minimum Gasteiger partial charge on any atom is -0.312 e. The van der Waals surface area contributed by atoms with Crippen LogP contribution in [0.2, 0.25) is 0 Å². The summed E-state index contributed by atoms with van der Waals surface area (Å²) in [5, 5.41) is 3.56. The molecule has 0 rings (SSSR count). The Hall–Kier alpha value is 0.310. The maximum atomic E-state index is 3.56. The van der Waals surface area contributed by atoms with E-state index in [-0.39, 0.29) is 5.54 Å². The average molecular weight is 217 g/mol. The number of thioether (sulfide) groups is 1. The second-order valence-electron chi connectivity index (χ2n) is 5.22. The molecule has 0 saturated carbocycles. The van der Waals surface area contributed by atoms with Gasteiger partial charge in [0.2, 0.25) is 0 Å². The summed E-state index contributed by atoms with van der Waals surface area (Å²) >= 11 is 1.96. The Morgan fingerprint density at radius 3 is 2.36 bits per heavy atom. The summed E-state index contributed by atoms with van der Waals surface area (Å²) in [5.41, 5.74) is 0.271. The molecule has 1 unspecified atom stereocenters. The van der Waals surface area contributed by atoms with Gasteiger partial charge in [-0.1, -0.05) is 13.3 Å². The fourth-order valence-electron chi connectivity index (χ4n) is 1.32. The molecule has 0 aromatic carbocycles. The van der Waals surface area contributed by atoms with Crippen LogP contribution in [0.1, 0.15) is 47.0 Å². The second kappa shape index (κ2) is 7.58. The van der Waals surface area contributed by atoms with Crippen molar-refractivity contribution in [3.63, 3.8) is 0 Å². The molecule has 0 radical (unpaired) electrons. The van der Waals surface area contributed by atoms with Gasteiger partial charge in [0.05, 0.1) is 0 Å². The van der Waals surface area contributed by atoms with E-state index in [4.69, 9.17) is 0 Å². The highest BCUT2D eigenvalue weighted by Gasteiger charge is 2.10. The van der Waals surface area contributed by atoms with E-state index in [1.165, 1.54) is 25.0 Å². The molecule has 1 atom stereocenters. The van der Waals surface area contributed by atoms with Gasteiger partial charge in [-0.2, -0.15) is 11.8 Å². The van der Waals surface area contributed by atoms with Crippen molar-refractivity contribution in [2.75, 3.05) is 18.6 Å². The van der Waals surface area contributed by atoms with Crippen molar-refractivity contribution in [1.82, 2.24) is 5.32 Å². The topological polar surface area (TPSA) is 12.0 Å². The Labute approximate surface area is 94.4 Å². The molecule has 0 aromatic rings. The molecular weight excluding hydrogens is 190 g/mol. The Kier molecular flexibility index (Phi) is 7.75. The monoisotopic (exact) mass is 217 g/mol. The van der Waals surface area contributed by atoms with Gasteiger partial charge in [-0.3, -0.25) is 0 Å². The molecule has 0 aliphatic rings. The molecule has 0 amide bonds. The second-order valence-corrected chi connectivity index (χ2v) is 6.21. The summed E-state index contributed by atoms with van der Waals surface area (Å²) in [4.78, 5) is 0. The molecular formula is C12H27NS. The van der Waals surface area contributed by atoms with Gasteiger partial charge >= 0.3 is 0 Å². The van der Waals surface area contributed by atoms with Crippen LogP contribution >= 0.6 is 11.8 Å². The molecule has 2 heteroatoms. The predicted octanol–water partition coefficient (Wildman–Crippen LogP) is 3.54. The number of unbranched alkanes of at least 4 members (excludes halogenated alkanes) is 1. The van der Waals surface area contributed by atoms with Crippen molar-refractivity contribution >= 4 is 11.8 Å². The molecule has 1 nitrogen and oxygen atoms in total. The van der Waals surface area contributed by atoms with Crippen molar-refractivity contribution in [1.29, 1.82) is 0 Å². The van der Waals surface area contributed by atoms with Crippen molar-refractivity contribution in [3.05, 3.63) is 0 Å². The standard InChI is InChI=1S/C12H27NS/c1-11(8-6-7-9-14-5)10-13-12(2,3)4/h11,13H,6-10H2,1-5H3. The minimum absolute atomic E-state index is 0.271. The Morgan fingerprint density at radius 2 is 1.86 bits per heavy atom. The van der Waals surface area contributed by atoms with Gasteiger partial charge in [-0.15, -0.1) is 0 Å². The predicted molar refractivity (Wildman–Crippen MR) is 69.2 cm³/mol. The van der Waals surface area contributed by atoms with Gasteiger partial charge in [0, 0.05) is 5.54 Å². The summed E-state index contributed by atoms with van der Waals surface area (Å²) in [6.45, 7) is 10.2. The molecule has 0 aliphatic heterocycles. The van der Waals surface area contributed by atoms with E-state index >= 15 is 0 Å². The van der Waals surface area contributed by atoms with Crippen LogP contribution < -0.4 is 5.32 Å². The Morgan fingerprint density at radius 1 is 1.21 bits per heavy atom. The third-order valence-corrected chi connectivity index (χ3v) is 2.97. The molecule has 86 valence electrons. The maximum Gasteiger partial charge on any atom is 0.00966 e. The number of hydrogen-bond donors (Lipinski definition) is 1. The van der Waals surface area contributed by atoms with E-state index in [0.29, 0.717) is 0 Å². The lowest BCUT2D eigenvalue weighted by molar-refractivity contribution is 0.368. The summed E-state index contributed by atoms with van der Waals surface area (Å²) in [6.07, 6.45) is 6.31. The van der Waals surface area contributed by atoms with Gasteiger partial charge in [0.1, 0.15) is 0 Å². The summed E-state index contributed by atoms with van der Waals surface area (Å²) < 4.78 is 0. The molecule has 0 aliphatic carbocycles. The number of hydrogen-bond acceptors (Lipinski definition) is 2.